The van der Waals surface area contributed by atoms with Gasteiger partial charge in [0, 0.05) is 13.0 Å². The Kier molecular flexibility index (Phi) is 4.88. The van der Waals surface area contributed by atoms with E-state index < -0.39 is 0 Å². The van der Waals surface area contributed by atoms with Gasteiger partial charge < -0.3 is 15.8 Å². The highest BCUT2D eigenvalue weighted by Gasteiger charge is 2.21. The normalized spacial score (nSPS) is 21.1. The van der Waals surface area contributed by atoms with Crippen LogP contribution >= 0.6 is 0 Å². The molecule has 0 aromatic rings. The van der Waals surface area contributed by atoms with Crippen molar-refractivity contribution in [3.05, 3.63) is 0 Å². The summed E-state index contributed by atoms with van der Waals surface area (Å²) in [4.78, 5) is 2.40. The molecule has 0 spiro atoms. The Morgan fingerprint density at radius 2 is 2.07 bits per heavy atom. The second kappa shape index (κ2) is 5.95. The highest BCUT2D eigenvalue weighted by Crippen LogP contribution is 2.24. The lowest BCUT2D eigenvalue weighted by molar-refractivity contribution is 0.161. The summed E-state index contributed by atoms with van der Waals surface area (Å²) in [6.45, 7) is 7.83. The third kappa shape index (κ3) is 4.08. The van der Waals surface area contributed by atoms with Gasteiger partial charge in [-0.3, -0.25) is 0 Å². The van der Waals surface area contributed by atoms with E-state index >= 15 is 0 Å². The summed E-state index contributed by atoms with van der Waals surface area (Å²) in [5, 5.41) is 11.4. The average Bonchev–Trinajstić information content (AvgIpc) is 2.26. The van der Waals surface area contributed by atoms with Gasteiger partial charge in [0.2, 0.25) is 0 Å². The Bertz CT molecular complexity index is 208. The first-order valence-electron chi connectivity index (χ1n) is 5.82. The molecule has 1 fully saturated rings. The minimum atomic E-state index is 0.334. The van der Waals surface area contributed by atoms with Crippen LogP contribution in [0.2, 0.25) is 0 Å². The lowest BCUT2D eigenvalue weighted by Gasteiger charge is -2.33. The molecule has 4 heteroatoms. The van der Waals surface area contributed by atoms with Gasteiger partial charge in [0.15, 0.2) is 0 Å². The lowest BCUT2D eigenvalue weighted by atomic mass is 9.87. The summed E-state index contributed by atoms with van der Waals surface area (Å²) in [6, 6.07) is 0. The number of likely N-dealkylation sites (tertiary alicyclic amines) is 1. The first-order chi connectivity index (χ1) is 7.13. The molecule has 88 valence electrons. The van der Waals surface area contributed by atoms with Crippen molar-refractivity contribution in [2.24, 2.45) is 22.7 Å². The summed E-state index contributed by atoms with van der Waals surface area (Å²) in [6.07, 6.45) is 3.24. The molecule has 1 saturated heterocycles. The first-order valence-corrected chi connectivity index (χ1v) is 5.82. The highest BCUT2D eigenvalue weighted by atomic mass is 16.4. The number of amidine groups is 1. The van der Waals surface area contributed by atoms with Crippen molar-refractivity contribution >= 4 is 5.84 Å². The minimum absolute atomic E-state index is 0.334. The van der Waals surface area contributed by atoms with E-state index in [1.807, 2.05) is 0 Å². The topological polar surface area (TPSA) is 61.8 Å². The molecule has 1 aliphatic heterocycles. The van der Waals surface area contributed by atoms with Crippen LogP contribution in [0.3, 0.4) is 0 Å². The van der Waals surface area contributed by atoms with E-state index in [4.69, 9.17) is 10.9 Å². The average molecular weight is 213 g/mol. The molecule has 0 amide bonds. The third-order valence-electron chi connectivity index (χ3n) is 3.39. The standard InChI is InChI=1S/C11H23N3O/c1-9(2)10-3-6-14(7-4-10)8-5-11(12)13-15/h9-10,15H,3-8H2,1-2H3,(H2,12,13). The zero-order valence-corrected chi connectivity index (χ0v) is 9.82. The van der Waals surface area contributed by atoms with Crippen LogP contribution in [0.1, 0.15) is 33.1 Å². The molecule has 0 radical (unpaired) electrons. The van der Waals surface area contributed by atoms with Gasteiger partial charge in [-0.15, -0.1) is 0 Å². The number of hydrogen-bond donors (Lipinski definition) is 2. The van der Waals surface area contributed by atoms with E-state index in [2.05, 4.69) is 23.9 Å². The van der Waals surface area contributed by atoms with E-state index in [0.717, 1.165) is 31.5 Å². The number of nitrogens with zero attached hydrogens (tertiary/aromatic N) is 2. The van der Waals surface area contributed by atoms with Gasteiger partial charge in [-0.25, -0.2) is 0 Å². The summed E-state index contributed by atoms with van der Waals surface area (Å²) in [5.41, 5.74) is 5.44. The van der Waals surface area contributed by atoms with Gasteiger partial charge in [0.25, 0.3) is 0 Å². The van der Waals surface area contributed by atoms with Gasteiger partial charge >= 0.3 is 0 Å². The molecule has 0 aliphatic carbocycles. The maximum Gasteiger partial charge on any atom is 0.140 e. The van der Waals surface area contributed by atoms with E-state index in [1.54, 1.807) is 0 Å². The lowest BCUT2D eigenvalue weighted by Crippen LogP contribution is -2.37. The maximum atomic E-state index is 8.42. The molecule has 4 nitrogen and oxygen atoms in total. The Hall–Kier alpha value is -0.770. The van der Waals surface area contributed by atoms with Crippen LogP contribution in [0.25, 0.3) is 0 Å². The molecule has 1 rings (SSSR count). The predicted octanol–water partition coefficient (Wildman–Crippen LogP) is 1.49. The Morgan fingerprint density at radius 1 is 1.47 bits per heavy atom. The molecule has 1 aliphatic rings. The molecular formula is C11H23N3O. The Morgan fingerprint density at radius 3 is 2.53 bits per heavy atom. The monoisotopic (exact) mass is 213 g/mol. The van der Waals surface area contributed by atoms with E-state index in [-0.39, 0.29) is 0 Å². The van der Waals surface area contributed by atoms with E-state index in [1.165, 1.54) is 12.8 Å². The fourth-order valence-corrected chi connectivity index (χ4v) is 2.17. The number of piperidine rings is 1. The third-order valence-corrected chi connectivity index (χ3v) is 3.39. The molecule has 0 saturated carbocycles. The second-order valence-corrected chi connectivity index (χ2v) is 4.76. The molecule has 0 atom stereocenters. The number of rotatable bonds is 4. The fraction of sp³-hybridized carbons (Fsp3) is 0.909. The van der Waals surface area contributed by atoms with Gasteiger partial charge in [0.1, 0.15) is 5.84 Å². The molecule has 0 aromatic heterocycles. The molecule has 0 unspecified atom stereocenters. The van der Waals surface area contributed by atoms with Crippen LogP contribution in [0.4, 0.5) is 0 Å². The number of nitrogens with two attached hydrogens (primary N) is 1. The van der Waals surface area contributed by atoms with Gasteiger partial charge in [0.05, 0.1) is 0 Å². The van der Waals surface area contributed by atoms with Crippen LogP contribution in [0.5, 0.6) is 0 Å². The molecule has 1 heterocycles. The SMILES string of the molecule is CC(C)C1CCN(CCC(N)=NO)CC1. The van der Waals surface area contributed by atoms with E-state index in [9.17, 15) is 0 Å². The molecule has 0 bridgehead atoms. The quantitative estimate of drug-likeness (QED) is 0.322. The molecule has 3 N–H and O–H groups in total. The largest absolute Gasteiger partial charge is 0.409 e. The summed E-state index contributed by atoms with van der Waals surface area (Å²) in [5.74, 6) is 2.02. The highest BCUT2D eigenvalue weighted by molar-refractivity contribution is 5.79. The van der Waals surface area contributed by atoms with Crippen LogP contribution in [0, 0.1) is 11.8 Å². The van der Waals surface area contributed by atoms with Crippen LogP contribution in [-0.4, -0.2) is 35.6 Å². The number of oxime groups is 1. The van der Waals surface area contributed by atoms with E-state index in [0.29, 0.717) is 12.3 Å². The van der Waals surface area contributed by atoms with Crippen LogP contribution in [0.15, 0.2) is 5.16 Å². The summed E-state index contributed by atoms with van der Waals surface area (Å²) in [7, 11) is 0. The zero-order valence-electron chi connectivity index (χ0n) is 9.82. The summed E-state index contributed by atoms with van der Waals surface area (Å²) >= 11 is 0. The Labute approximate surface area is 92.1 Å². The smallest absolute Gasteiger partial charge is 0.140 e. The molecule has 15 heavy (non-hydrogen) atoms. The molecular weight excluding hydrogens is 190 g/mol. The van der Waals surface area contributed by atoms with Crippen molar-refractivity contribution in [3.63, 3.8) is 0 Å². The fourth-order valence-electron chi connectivity index (χ4n) is 2.17. The minimum Gasteiger partial charge on any atom is -0.409 e. The second-order valence-electron chi connectivity index (χ2n) is 4.76. The van der Waals surface area contributed by atoms with Gasteiger partial charge in [-0.2, -0.15) is 0 Å². The van der Waals surface area contributed by atoms with Crippen molar-refractivity contribution in [3.8, 4) is 0 Å². The Balaban J connectivity index is 2.20. The predicted molar refractivity (Wildman–Crippen MR) is 62.0 cm³/mol. The summed E-state index contributed by atoms with van der Waals surface area (Å²) < 4.78 is 0. The van der Waals surface area contributed by atoms with Gasteiger partial charge in [-0.1, -0.05) is 19.0 Å². The first kappa shape index (κ1) is 12.3. The van der Waals surface area contributed by atoms with Crippen LogP contribution in [-0.2, 0) is 0 Å². The van der Waals surface area contributed by atoms with Crippen molar-refractivity contribution in [2.75, 3.05) is 19.6 Å². The van der Waals surface area contributed by atoms with Crippen molar-refractivity contribution in [1.82, 2.24) is 4.90 Å². The van der Waals surface area contributed by atoms with Crippen molar-refractivity contribution in [1.29, 1.82) is 0 Å². The molecule has 0 aromatic carbocycles. The van der Waals surface area contributed by atoms with Gasteiger partial charge in [-0.05, 0) is 37.8 Å². The van der Waals surface area contributed by atoms with Crippen LogP contribution < -0.4 is 5.73 Å². The zero-order chi connectivity index (χ0) is 11.3. The number of hydrogen-bond acceptors (Lipinski definition) is 3. The van der Waals surface area contributed by atoms with Crippen molar-refractivity contribution in [2.45, 2.75) is 33.1 Å². The maximum absolute atomic E-state index is 8.42. The van der Waals surface area contributed by atoms with Crippen molar-refractivity contribution < 1.29 is 5.21 Å².